The lowest BCUT2D eigenvalue weighted by molar-refractivity contribution is 0.0452. The minimum Gasteiger partial charge on any atom is -0.366 e. The van der Waals surface area contributed by atoms with Crippen molar-refractivity contribution in [3.05, 3.63) is 71.0 Å². The van der Waals surface area contributed by atoms with Crippen LogP contribution >= 0.6 is 0 Å². The van der Waals surface area contributed by atoms with E-state index in [0.717, 1.165) is 11.1 Å². The Balaban J connectivity index is 2.36. The van der Waals surface area contributed by atoms with Crippen LogP contribution in [0.2, 0.25) is 0 Å². The van der Waals surface area contributed by atoms with Gasteiger partial charge >= 0.3 is 0 Å². The molecule has 0 amide bonds. The average molecular weight is 272 g/mol. The zero-order valence-corrected chi connectivity index (χ0v) is 11.6. The number of hydrogen-bond acceptors (Lipinski definition) is 2. The molecule has 104 valence electrons. The van der Waals surface area contributed by atoms with Gasteiger partial charge in [-0.3, -0.25) is 4.79 Å². The van der Waals surface area contributed by atoms with Crippen LogP contribution in [0.15, 0.2) is 48.5 Å². The van der Waals surface area contributed by atoms with Gasteiger partial charge in [-0.2, -0.15) is 0 Å². The van der Waals surface area contributed by atoms with E-state index in [1.807, 2.05) is 37.3 Å². The second-order valence-corrected chi connectivity index (χ2v) is 4.63. The molecule has 0 saturated carbocycles. The third-order valence-electron chi connectivity index (χ3n) is 3.00. The summed E-state index contributed by atoms with van der Waals surface area (Å²) in [5.74, 6) is -0.627. The fourth-order valence-corrected chi connectivity index (χ4v) is 2.15. The molecule has 1 unspecified atom stereocenters. The quantitative estimate of drug-likeness (QED) is 0.766. The molecule has 0 radical (unpaired) electrons. The van der Waals surface area contributed by atoms with E-state index >= 15 is 0 Å². The van der Waals surface area contributed by atoms with Crippen molar-refractivity contribution in [1.29, 1.82) is 0 Å². The molecule has 0 heterocycles. The predicted molar refractivity (Wildman–Crippen MR) is 76.3 cm³/mol. The van der Waals surface area contributed by atoms with Crippen LogP contribution < -0.4 is 0 Å². The highest BCUT2D eigenvalue weighted by atomic mass is 19.1. The van der Waals surface area contributed by atoms with Crippen LogP contribution in [-0.4, -0.2) is 12.4 Å². The number of aryl methyl sites for hydroxylation is 1. The molecule has 2 aromatic carbocycles. The molecule has 2 aromatic rings. The van der Waals surface area contributed by atoms with E-state index in [-0.39, 0.29) is 5.78 Å². The molecule has 1 atom stereocenters. The Morgan fingerprint density at radius 3 is 2.50 bits per heavy atom. The van der Waals surface area contributed by atoms with Crippen molar-refractivity contribution in [2.75, 3.05) is 6.61 Å². The fourth-order valence-electron chi connectivity index (χ4n) is 2.15. The highest BCUT2D eigenvalue weighted by molar-refractivity contribution is 6.00. The Morgan fingerprint density at radius 2 is 1.90 bits per heavy atom. The minimum absolute atomic E-state index is 0.222. The van der Waals surface area contributed by atoms with Crippen molar-refractivity contribution >= 4 is 5.78 Å². The van der Waals surface area contributed by atoms with Crippen molar-refractivity contribution in [2.45, 2.75) is 20.0 Å². The van der Waals surface area contributed by atoms with Gasteiger partial charge in [0, 0.05) is 12.2 Å². The number of Topliss-reactive ketones (excluding diaryl/α,β-unsaturated/α-hetero) is 1. The number of ether oxygens (including phenoxy) is 1. The van der Waals surface area contributed by atoms with Gasteiger partial charge in [-0.1, -0.05) is 30.3 Å². The molecule has 3 heteroatoms. The van der Waals surface area contributed by atoms with Gasteiger partial charge in [0.2, 0.25) is 0 Å². The van der Waals surface area contributed by atoms with Crippen LogP contribution in [0.1, 0.15) is 34.5 Å². The molecule has 0 aliphatic carbocycles. The Hall–Kier alpha value is -2.00. The molecule has 0 N–H and O–H groups in total. The van der Waals surface area contributed by atoms with Crippen LogP contribution in [0.3, 0.4) is 0 Å². The molecule has 0 saturated heterocycles. The second kappa shape index (κ2) is 6.44. The second-order valence-electron chi connectivity index (χ2n) is 4.63. The maximum absolute atomic E-state index is 13.4. The number of carbonyl (C=O) groups is 1. The maximum Gasteiger partial charge on any atom is 0.196 e. The number of halogens is 1. The summed E-state index contributed by atoms with van der Waals surface area (Å²) < 4.78 is 19.0. The van der Waals surface area contributed by atoms with Gasteiger partial charge in [-0.25, -0.2) is 4.39 Å². The van der Waals surface area contributed by atoms with Crippen LogP contribution in [0.25, 0.3) is 0 Å². The van der Waals surface area contributed by atoms with E-state index in [9.17, 15) is 9.18 Å². The third-order valence-corrected chi connectivity index (χ3v) is 3.00. The summed E-state index contributed by atoms with van der Waals surface area (Å²) in [5.41, 5.74) is 1.84. The highest BCUT2D eigenvalue weighted by Crippen LogP contribution is 2.23. The summed E-state index contributed by atoms with van der Waals surface area (Å²) >= 11 is 0. The van der Waals surface area contributed by atoms with Crippen molar-refractivity contribution in [2.24, 2.45) is 0 Å². The number of hydrogen-bond donors (Lipinski definition) is 0. The molecule has 0 bridgehead atoms. The Bertz CT molecular complexity index is 573. The van der Waals surface area contributed by atoms with E-state index in [4.69, 9.17) is 4.74 Å². The number of benzene rings is 2. The molecule has 0 aliphatic rings. The van der Waals surface area contributed by atoms with Crippen LogP contribution in [0.5, 0.6) is 0 Å². The molecular weight excluding hydrogens is 255 g/mol. The molecule has 0 fully saturated rings. The first-order valence-corrected chi connectivity index (χ1v) is 6.59. The van der Waals surface area contributed by atoms with E-state index in [0.29, 0.717) is 12.2 Å². The molecule has 2 rings (SSSR count). The Kier molecular flexibility index (Phi) is 4.64. The van der Waals surface area contributed by atoms with Crippen molar-refractivity contribution in [3.8, 4) is 0 Å². The van der Waals surface area contributed by atoms with E-state index in [1.54, 1.807) is 13.0 Å². The molecule has 0 aromatic heterocycles. The largest absolute Gasteiger partial charge is 0.366 e. The lowest BCUT2D eigenvalue weighted by atomic mass is 9.98. The topological polar surface area (TPSA) is 26.3 Å². The van der Waals surface area contributed by atoms with Gasteiger partial charge in [-0.05, 0) is 43.2 Å². The Morgan fingerprint density at radius 1 is 1.20 bits per heavy atom. The average Bonchev–Trinajstić information content (AvgIpc) is 2.44. The lowest BCUT2D eigenvalue weighted by Gasteiger charge is -2.16. The Labute approximate surface area is 118 Å². The van der Waals surface area contributed by atoms with Crippen molar-refractivity contribution < 1.29 is 13.9 Å². The summed E-state index contributed by atoms with van der Waals surface area (Å²) in [6, 6.07) is 13.6. The highest BCUT2D eigenvalue weighted by Gasteiger charge is 2.22. The fraction of sp³-hybridized carbons (Fsp3) is 0.235. The minimum atomic E-state index is -0.692. The van der Waals surface area contributed by atoms with Gasteiger partial charge in [0.25, 0.3) is 0 Å². The first-order valence-electron chi connectivity index (χ1n) is 6.59. The van der Waals surface area contributed by atoms with Gasteiger partial charge in [-0.15, -0.1) is 0 Å². The van der Waals surface area contributed by atoms with Gasteiger partial charge in [0.1, 0.15) is 11.9 Å². The number of ketones is 1. The van der Waals surface area contributed by atoms with E-state index in [2.05, 4.69) is 0 Å². The SMILES string of the molecule is CCOC(C(=O)c1cc(C)cc(F)c1)c1ccccc1. The maximum atomic E-state index is 13.4. The zero-order valence-electron chi connectivity index (χ0n) is 11.6. The molecular formula is C17H17FO2. The first-order chi connectivity index (χ1) is 9.61. The van der Waals surface area contributed by atoms with Gasteiger partial charge < -0.3 is 4.74 Å². The van der Waals surface area contributed by atoms with Gasteiger partial charge in [0.05, 0.1) is 0 Å². The predicted octanol–water partition coefficient (Wildman–Crippen LogP) is 4.09. The van der Waals surface area contributed by atoms with Gasteiger partial charge in [0.15, 0.2) is 5.78 Å². The number of rotatable bonds is 5. The van der Waals surface area contributed by atoms with Crippen LogP contribution in [0, 0.1) is 12.7 Å². The summed E-state index contributed by atoms with van der Waals surface area (Å²) in [6.07, 6.45) is -0.692. The van der Waals surface area contributed by atoms with Crippen molar-refractivity contribution in [3.63, 3.8) is 0 Å². The standard InChI is InChI=1S/C17H17FO2/c1-3-20-17(13-7-5-4-6-8-13)16(19)14-9-12(2)10-15(18)11-14/h4-11,17H,3H2,1-2H3. The molecule has 0 aliphatic heterocycles. The van der Waals surface area contributed by atoms with Crippen LogP contribution in [-0.2, 0) is 4.74 Å². The first kappa shape index (κ1) is 14.4. The number of carbonyl (C=O) groups excluding carboxylic acids is 1. The lowest BCUT2D eigenvalue weighted by Crippen LogP contribution is -2.16. The summed E-state index contributed by atoms with van der Waals surface area (Å²) in [6.45, 7) is 4.01. The zero-order chi connectivity index (χ0) is 14.5. The van der Waals surface area contributed by atoms with Crippen molar-refractivity contribution in [1.82, 2.24) is 0 Å². The monoisotopic (exact) mass is 272 g/mol. The normalized spacial score (nSPS) is 12.2. The van der Waals surface area contributed by atoms with Crippen LogP contribution in [0.4, 0.5) is 4.39 Å². The van der Waals surface area contributed by atoms with E-state index < -0.39 is 11.9 Å². The summed E-state index contributed by atoms with van der Waals surface area (Å²) in [7, 11) is 0. The van der Waals surface area contributed by atoms with E-state index in [1.165, 1.54) is 12.1 Å². The molecule has 20 heavy (non-hydrogen) atoms. The molecule has 2 nitrogen and oxygen atoms in total. The molecule has 0 spiro atoms. The third kappa shape index (κ3) is 3.31. The summed E-state index contributed by atoms with van der Waals surface area (Å²) in [4.78, 5) is 12.5. The smallest absolute Gasteiger partial charge is 0.196 e. The summed E-state index contributed by atoms with van der Waals surface area (Å²) in [5, 5.41) is 0.